The fraction of sp³-hybridized carbons (Fsp3) is 0.889. The van der Waals surface area contributed by atoms with Crippen molar-refractivity contribution in [2.75, 3.05) is 6.61 Å². The fourth-order valence-electron chi connectivity index (χ4n) is 5.47. The third-order valence-electron chi connectivity index (χ3n) is 6.49. The van der Waals surface area contributed by atoms with E-state index in [1.54, 1.807) is 11.1 Å². The number of aliphatic hydroxyl groups is 1. The minimum absolute atomic E-state index is 0.310. The lowest BCUT2D eigenvalue weighted by molar-refractivity contribution is 0.0411. The number of rotatable bonds is 2. The number of aliphatic hydroxyl groups excluding tert-OH is 1. The van der Waals surface area contributed by atoms with Crippen molar-refractivity contribution >= 4 is 0 Å². The van der Waals surface area contributed by atoms with Crippen LogP contribution in [0.4, 0.5) is 0 Å². The molecule has 6 atom stereocenters. The van der Waals surface area contributed by atoms with Crippen molar-refractivity contribution in [1.82, 2.24) is 5.32 Å². The zero-order valence-electron chi connectivity index (χ0n) is 13.2. The Morgan fingerprint density at radius 1 is 1.24 bits per heavy atom. The summed E-state index contributed by atoms with van der Waals surface area (Å²) in [6.45, 7) is 3.26. The summed E-state index contributed by atoms with van der Waals surface area (Å²) in [6.07, 6.45) is 10.3. The smallest absolute Gasteiger partial charge is 0.112 e. The number of fused-ring (bicyclic) bond motifs is 2. The molecule has 3 fully saturated rings. The van der Waals surface area contributed by atoms with Crippen LogP contribution in [-0.2, 0) is 4.74 Å². The maximum absolute atomic E-state index is 10.5. The summed E-state index contributed by atoms with van der Waals surface area (Å²) >= 11 is 0. The Kier molecular flexibility index (Phi) is 3.85. The van der Waals surface area contributed by atoms with Gasteiger partial charge >= 0.3 is 0 Å². The Bertz CT molecular complexity index is 433. The zero-order chi connectivity index (χ0) is 14.4. The molecule has 2 saturated heterocycles. The predicted molar refractivity (Wildman–Crippen MR) is 82.8 cm³/mol. The summed E-state index contributed by atoms with van der Waals surface area (Å²) < 4.78 is 5.83. The molecule has 0 amide bonds. The number of ether oxygens (including phenoxy) is 1. The van der Waals surface area contributed by atoms with Gasteiger partial charge in [-0.2, -0.15) is 0 Å². The summed E-state index contributed by atoms with van der Waals surface area (Å²) in [5.74, 6) is 1.96. The van der Waals surface area contributed by atoms with Gasteiger partial charge in [-0.3, -0.25) is 5.32 Å². The van der Waals surface area contributed by atoms with Crippen LogP contribution < -0.4 is 5.32 Å². The summed E-state index contributed by atoms with van der Waals surface area (Å²) in [5.41, 5.74) is 3.12. The molecule has 4 rings (SSSR count). The lowest BCUT2D eigenvalue weighted by Crippen LogP contribution is -2.32. The molecule has 0 radical (unpaired) electrons. The minimum Gasteiger partial charge on any atom is -0.378 e. The van der Waals surface area contributed by atoms with E-state index in [0.717, 1.165) is 18.4 Å². The molecule has 3 heteroatoms. The summed E-state index contributed by atoms with van der Waals surface area (Å²) in [7, 11) is 0. The fourth-order valence-corrected chi connectivity index (χ4v) is 5.47. The second-order valence-corrected chi connectivity index (χ2v) is 7.77. The van der Waals surface area contributed by atoms with Crippen LogP contribution in [-0.4, -0.2) is 30.1 Å². The van der Waals surface area contributed by atoms with E-state index in [9.17, 15) is 5.11 Å². The summed E-state index contributed by atoms with van der Waals surface area (Å²) in [5, 5.41) is 13.9. The lowest BCUT2D eigenvalue weighted by atomic mass is 9.73. The van der Waals surface area contributed by atoms with Crippen LogP contribution >= 0.6 is 0 Å². The van der Waals surface area contributed by atoms with Gasteiger partial charge in [-0.25, -0.2) is 0 Å². The first-order valence-corrected chi connectivity index (χ1v) is 8.97. The Morgan fingerprint density at radius 2 is 2.14 bits per heavy atom. The Hall–Kier alpha value is -0.380. The highest BCUT2D eigenvalue weighted by Crippen LogP contribution is 2.44. The van der Waals surface area contributed by atoms with Crippen molar-refractivity contribution in [2.24, 2.45) is 17.8 Å². The number of hydrogen-bond acceptors (Lipinski definition) is 3. The van der Waals surface area contributed by atoms with Crippen molar-refractivity contribution in [1.29, 1.82) is 0 Å². The van der Waals surface area contributed by atoms with E-state index in [2.05, 4.69) is 12.2 Å². The first kappa shape index (κ1) is 14.2. The Labute approximate surface area is 128 Å². The molecule has 0 aromatic heterocycles. The molecule has 2 aliphatic carbocycles. The molecule has 21 heavy (non-hydrogen) atoms. The topological polar surface area (TPSA) is 41.5 Å². The molecule has 0 aromatic rings. The second-order valence-electron chi connectivity index (χ2n) is 7.77. The van der Waals surface area contributed by atoms with Crippen molar-refractivity contribution in [3.63, 3.8) is 0 Å². The van der Waals surface area contributed by atoms with E-state index in [4.69, 9.17) is 4.74 Å². The van der Waals surface area contributed by atoms with Crippen molar-refractivity contribution < 1.29 is 9.84 Å². The molecule has 2 N–H and O–H groups in total. The average molecular weight is 291 g/mol. The molecular formula is C18H29NO2. The van der Waals surface area contributed by atoms with Crippen LogP contribution in [0.15, 0.2) is 11.1 Å². The number of hydrogen-bond donors (Lipinski definition) is 2. The minimum atomic E-state index is -0.310. The summed E-state index contributed by atoms with van der Waals surface area (Å²) in [4.78, 5) is 0. The van der Waals surface area contributed by atoms with E-state index in [1.165, 1.54) is 51.4 Å². The van der Waals surface area contributed by atoms with Crippen LogP contribution in [0.25, 0.3) is 0 Å². The van der Waals surface area contributed by atoms with E-state index >= 15 is 0 Å². The van der Waals surface area contributed by atoms with Crippen LogP contribution in [0, 0.1) is 17.8 Å². The van der Waals surface area contributed by atoms with E-state index in [1.807, 2.05) is 0 Å². The van der Waals surface area contributed by atoms with Gasteiger partial charge in [0.05, 0.1) is 6.10 Å². The van der Waals surface area contributed by atoms with Crippen molar-refractivity contribution in [3.05, 3.63) is 11.1 Å². The van der Waals surface area contributed by atoms with Crippen LogP contribution in [0.3, 0.4) is 0 Å². The third-order valence-corrected chi connectivity index (χ3v) is 6.49. The van der Waals surface area contributed by atoms with Gasteiger partial charge in [0, 0.05) is 18.6 Å². The number of nitrogens with one attached hydrogen (secondary N) is 1. The van der Waals surface area contributed by atoms with Gasteiger partial charge in [0.25, 0.3) is 0 Å². The molecule has 0 aromatic carbocycles. The molecule has 4 aliphatic rings. The van der Waals surface area contributed by atoms with Crippen LogP contribution in [0.5, 0.6) is 0 Å². The first-order valence-electron chi connectivity index (χ1n) is 8.97. The molecule has 0 bridgehead atoms. The van der Waals surface area contributed by atoms with Gasteiger partial charge in [-0.1, -0.05) is 5.57 Å². The molecule has 6 unspecified atom stereocenters. The maximum atomic E-state index is 10.5. The van der Waals surface area contributed by atoms with Crippen LogP contribution in [0.2, 0.25) is 0 Å². The molecule has 0 spiro atoms. The van der Waals surface area contributed by atoms with Gasteiger partial charge in [0.2, 0.25) is 0 Å². The molecule has 2 aliphatic heterocycles. The quantitative estimate of drug-likeness (QED) is 0.769. The molecule has 1 saturated carbocycles. The molecular weight excluding hydrogens is 262 g/mol. The largest absolute Gasteiger partial charge is 0.378 e. The van der Waals surface area contributed by atoms with Gasteiger partial charge in [-0.15, -0.1) is 0 Å². The lowest BCUT2D eigenvalue weighted by Gasteiger charge is -2.33. The first-order chi connectivity index (χ1) is 10.2. The second kappa shape index (κ2) is 5.68. The molecule has 3 nitrogen and oxygen atoms in total. The molecule has 118 valence electrons. The highest BCUT2D eigenvalue weighted by Gasteiger charge is 2.42. The monoisotopic (exact) mass is 291 g/mol. The van der Waals surface area contributed by atoms with Gasteiger partial charge in [-0.05, 0) is 75.7 Å². The van der Waals surface area contributed by atoms with E-state index < -0.39 is 0 Å². The van der Waals surface area contributed by atoms with Crippen molar-refractivity contribution in [2.45, 2.75) is 76.7 Å². The Morgan fingerprint density at radius 3 is 3.05 bits per heavy atom. The standard InChI is InChI=1S/C18H29NO2/c1-11-3-2-4-15-17(11)14(18(20)19-15)10-12-5-6-16-13(9-12)7-8-21-16/h12-16,18-20H,2-10H2,1H3. The van der Waals surface area contributed by atoms with Crippen LogP contribution in [0.1, 0.15) is 58.3 Å². The average Bonchev–Trinajstić information content (AvgIpc) is 3.04. The zero-order valence-corrected chi connectivity index (χ0v) is 13.2. The highest BCUT2D eigenvalue weighted by atomic mass is 16.5. The number of allylic oxidation sites excluding steroid dienone is 1. The molecule has 2 heterocycles. The SMILES string of the molecule is CC1=C2C(CCC1)NC(O)C2CC1CCC2OCCC2C1. The predicted octanol–water partition coefficient (Wildman–Crippen LogP) is 2.99. The van der Waals surface area contributed by atoms with E-state index in [-0.39, 0.29) is 6.23 Å². The normalized spacial score (nSPS) is 46.6. The highest BCUT2D eigenvalue weighted by molar-refractivity contribution is 5.29. The van der Waals surface area contributed by atoms with Gasteiger partial charge in [0.15, 0.2) is 0 Å². The third kappa shape index (κ3) is 2.58. The Balaban J connectivity index is 1.46. The van der Waals surface area contributed by atoms with E-state index in [0.29, 0.717) is 18.1 Å². The van der Waals surface area contributed by atoms with Gasteiger partial charge < -0.3 is 9.84 Å². The maximum Gasteiger partial charge on any atom is 0.112 e. The van der Waals surface area contributed by atoms with Gasteiger partial charge in [0.1, 0.15) is 6.23 Å². The van der Waals surface area contributed by atoms with Crippen molar-refractivity contribution in [3.8, 4) is 0 Å². The summed E-state index contributed by atoms with van der Waals surface area (Å²) in [6, 6.07) is 0.463.